The van der Waals surface area contributed by atoms with Gasteiger partial charge >= 0.3 is 0 Å². The topological polar surface area (TPSA) is 275 Å². The van der Waals surface area contributed by atoms with Gasteiger partial charge < -0.3 is 75.4 Å². The second-order valence-corrected chi connectivity index (χ2v) is 10.9. The van der Waals surface area contributed by atoms with Crippen molar-refractivity contribution in [2.75, 3.05) is 19.8 Å². The Labute approximate surface area is 247 Å². The van der Waals surface area contributed by atoms with Gasteiger partial charge in [0.2, 0.25) is 17.7 Å². The Bertz CT molecular complexity index is 961. The van der Waals surface area contributed by atoms with Crippen molar-refractivity contribution in [2.24, 2.45) is 0 Å². The molecule has 0 aromatic rings. The first-order valence-corrected chi connectivity index (χ1v) is 13.9. The molecule has 0 bridgehead atoms. The average molecular weight is 626 g/mol. The molecule has 0 aliphatic carbocycles. The van der Waals surface area contributed by atoms with Crippen molar-refractivity contribution in [3.8, 4) is 0 Å². The van der Waals surface area contributed by atoms with E-state index in [0.717, 1.165) is 13.8 Å². The molecule has 18 nitrogen and oxygen atoms in total. The van der Waals surface area contributed by atoms with E-state index in [0.29, 0.717) is 0 Å². The maximum Gasteiger partial charge on any atom is 0.217 e. The summed E-state index contributed by atoms with van der Waals surface area (Å²) in [6, 6.07) is -3.77. The molecule has 0 aromatic carbocycles. The molecule has 0 spiro atoms. The quantitative estimate of drug-likeness (QED) is 0.108. The molecule has 3 aliphatic rings. The van der Waals surface area contributed by atoms with E-state index in [1.54, 1.807) is 6.92 Å². The third-order valence-electron chi connectivity index (χ3n) is 7.57. The summed E-state index contributed by atoms with van der Waals surface area (Å²) in [5, 5.41) is 80.5. The molecule has 0 aromatic heterocycles. The van der Waals surface area contributed by atoms with E-state index in [1.165, 1.54) is 6.92 Å². The van der Waals surface area contributed by atoms with Crippen molar-refractivity contribution >= 4 is 17.7 Å². The first kappa shape index (κ1) is 35.4. The smallest absolute Gasteiger partial charge is 0.217 e. The largest absolute Gasteiger partial charge is 0.394 e. The van der Waals surface area contributed by atoms with Crippen LogP contribution in [0.25, 0.3) is 0 Å². The number of nitrogens with one attached hydrogen (secondary N) is 3. The van der Waals surface area contributed by atoms with Gasteiger partial charge in [-0.25, -0.2) is 0 Å². The van der Waals surface area contributed by atoms with Crippen LogP contribution in [0.3, 0.4) is 0 Å². The highest BCUT2D eigenvalue weighted by atomic mass is 16.7. The molecular weight excluding hydrogens is 582 g/mol. The van der Waals surface area contributed by atoms with E-state index in [4.69, 9.17) is 23.7 Å². The Balaban J connectivity index is 1.89. The van der Waals surface area contributed by atoms with Crippen LogP contribution in [-0.4, -0.2) is 165 Å². The molecule has 3 rings (SSSR count). The molecule has 248 valence electrons. The third kappa shape index (κ3) is 8.16. The minimum atomic E-state index is -1.72. The number of aliphatic hydroxyl groups is 7. The third-order valence-corrected chi connectivity index (χ3v) is 7.57. The van der Waals surface area contributed by atoms with Gasteiger partial charge in [0, 0.05) is 20.8 Å². The Kier molecular flexibility index (Phi) is 12.6. The lowest BCUT2D eigenvalue weighted by Crippen LogP contribution is -2.70. The van der Waals surface area contributed by atoms with Gasteiger partial charge in [0.25, 0.3) is 0 Å². The number of ether oxygens (including phenoxy) is 5. The molecule has 0 radical (unpaired) electrons. The molecule has 18 heteroatoms. The number of hydrogen-bond donors (Lipinski definition) is 10. The maximum absolute atomic E-state index is 12.1. The number of amides is 3. The highest BCUT2D eigenvalue weighted by Crippen LogP contribution is 2.32. The lowest BCUT2D eigenvalue weighted by molar-refractivity contribution is -0.346. The van der Waals surface area contributed by atoms with Crippen molar-refractivity contribution < 1.29 is 73.8 Å². The first-order chi connectivity index (χ1) is 20.2. The van der Waals surface area contributed by atoms with Gasteiger partial charge in [-0.1, -0.05) is 0 Å². The first-order valence-electron chi connectivity index (χ1n) is 13.9. The fourth-order valence-corrected chi connectivity index (χ4v) is 5.53. The second kappa shape index (κ2) is 15.3. The fourth-order valence-electron chi connectivity index (χ4n) is 5.53. The minimum absolute atomic E-state index is 0.468. The predicted molar refractivity (Wildman–Crippen MR) is 140 cm³/mol. The minimum Gasteiger partial charge on any atom is -0.394 e. The van der Waals surface area contributed by atoms with Crippen LogP contribution in [0.5, 0.6) is 0 Å². The average Bonchev–Trinajstić information content (AvgIpc) is 2.94. The van der Waals surface area contributed by atoms with Gasteiger partial charge in [-0.05, 0) is 6.92 Å². The lowest BCUT2D eigenvalue weighted by Gasteiger charge is -2.50. The summed E-state index contributed by atoms with van der Waals surface area (Å²) in [6.45, 7) is 2.95. The van der Waals surface area contributed by atoms with E-state index in [-0.39, 0.29) is 0 Å². The van der Waals surface area contributed by atoms with E-state index in [1.807, 2.05) is 0 Å². The van der Waals surface area contributed by atoms with Gasteiger partial charge in [-0.3, -0.25) is 14.4 Å². The highest BCUT2D eigenvalue weighted by molar-refractivity contribution is 5.74. The lowest BCUT2D eigenvalue weighted by atomic mass is 9.92. The Hall–Kier alpha value is -2.07. The summed E-state index contributed by atoms with van der Waals surface area (Å²) in [6.07, 6.45) is -17.1. The van der Waals surface area contributed by atoms with Crippen LogP contribution in [-0.2, 0) is 38.1 Å². The van der Waals surface area contributed by atoms with Crippen molar-refractivity contribution in [2.45, 2.75) is 119 Å². The summed E-state index contributed by atoms with van der Waals surface area (Å²) in [4.78, 5) is 35.7. The summed E-state index contributed by atoms with van der Waals surface area (Å²) < 4.78 is 29.0. The van der Waals surface area contributed by atoms with Gasteiger partial charge in [0.05, 0.1) is 32.0 Å². The molecule has 10 N–H and O–H groups in total. The second-order valence-electron chi connectivity index (χ2n) is 10.9. The molecule has 3 saturated heterocycles. The van der Waals surface area contributed by atoms with Crippen molar-refractivity contribution in [1.82, 2.24) is 16.0 Å². The van der Waals surface area contributed by atoms with Crippen LogP contribution in [0.4, 0.5) is 0 Å². The zero-order chi connectivity index (χ0) is 32.2. The molecule has 43 heavy (non-hydrogen) atoms. The molecule has 3 amide bonds. The zero-order valence-electron chi connectivity index (χ0n) is 24.2. The van der Waals surface area contributed by atoms with Crippen LogP contribution in [0.2, 0.25) is 0 Å². The highest BCUT2D eigenvalue weighted by Gasteiger charge is 2.54. The van der Waals surface area contributed by atoms with Crippen molar-refractivity contribution in [3.63, 3.8) is 0 Å². The van der Waals surface area contributed by atoms with Crippen LogP contribution >= 0.6 is 0 Å². The number of carbonyl (C=O) groups is 3. The van der Waals surface area contributed by atoms with Crippen molar-refractivity contribution in [3.05, 3.63) is 0 Å². The monoisotopic (exact) mass is 625 g/mol. The Morgan fingerprint density at radius 2 is 0.953 bits per heavy atom. The normalized spacial score (nSPS) is 43.5. The van der Waals surface area contributed by atoms with Crippen LogP contribution < -0.4 is 16.0 Å². The number of hydrogen-bond acceptors (Lipinski definition) is 15. The van der Waals surface area contributed by atoms with Crippen LogP contribution in [0.1, 0.15) is 27.7 Å². The Morgan fingerprint density at radius 1 is 0.581 bits per heavy atom. The zero-order valence-corrected chi connectivity index (χ0v) is 24.2. The predicted octanol–water partition coefficient (Wildman–Crippen LogP) is -6.07. The fraction of sp³-hybridized carbons (Fsp3) is 0.880. The number of aliphatic hydroxyl groups excluding tert-OH is 7. The summed E-state index contributed by atoms with van der Waals surface area (Å²) >= 11 is 0. The van der Waals surface area contributed by atoms with E-state index in [9.17, 15) is 50.1 Å². The molecule has 3 fully saturated rings. The van der Waals surface area contributed by atoms with Crippen LogP contribution in [0, 0.1) is 0 Å². The van der Waals surface area contributed by atoms with Crippen molar-refractivity contribution in [1.29, 1.82) is 0 Å². The summed E-state index contributed by atoms with van der Waals surface area (Å²) in [5.41, 5.74) is 0. The number of rotatable bonds is 10. The maximum atomic E-state index is 12.1. The number of carbonyl (C=O) groups excluding carboxylic acids is 3. The summed E-state index contributed by atoms with van der Waals surface area (Å²) in [7, 11) is 0. The van der Waals surface area contributed by atoms with E-state index >= 15 is 0 Å². The van der Waals surface area contributed by atoms with E-state index in [2.05, 4.69) is 16.0 Å². The van der Waals surface area contributed by atoms with E-state index < -0.39 is 129 Å². The van der Waals surface area contributed by atoms with Gasteiger partial charge in [0.15, 0.2) is 12.6 Å². The molecule has 15 atom stereocenters. The molecule has 3 aliphatic heterocycles. The molecular formula is C25H43N3O15. The molecule has 3 heterocycles. The Morgan fingerprint density at radius 3 is 1.40 bits per heavy atom. The van der Waals surface area contributed by atoms with Crippen LogP contribution in [0.15, 0.2) is 0 Å². The summed E-state index contributed by atoms with van der Waals surface area (Å²) in [5.74, 6) is -1.74. The molecule has 15 unspecified atom stereocenters. The van der Waals surface area contributed by atoms with Gasteiger partial charge in [-0.2, -0.15) is 0 Å². The molecule has 0 saturated carbocycles. The van der Waals surface area contributed by atoms with Gasteiger partial charge in [0.1, 0.15) is 67.0 Å². The standard InChI is InChI=1S/C25H43N3O15/c1-8-15(26-9(2)32)20(37)22(13(6-30)39-8)42-25-17(28-11(4)34)21(38)23(14(7-31)41-25)43-24-16(27-10(3)33)19(36)18(35)12(5-29)40-24/h8,12-25,29-31,35-38H,5-7H2,1-4H3,(H,26,32)(H,27,33)(H,28,34). The SMILES string of the molecule is CC(=O)NC1C(C)OC(CO)C(OC2OC(CO)C(OC3OC(CO)C(O)C(O)C3NC(C)=O)C(O)C2NC(C)=O)C1O. The van der Waals surface area contributed by atoms with Gasteiger partial charge in [-0.15, -0.1) is 0 Å².